The number of carbonyl (C=O) groups excluding carboxylic acids is 3. The fourth-order valence-electron chi connectivity index (χ4n) is 6.60. The molecule has 1 heterocycles. The van der Waals surface area contributed by atoms with E-state index in [9.17, 15) is 14.4 Å². The van der Waals surface area contributed by atoms with Crippen LogP contribution in [0.5, 0.6) is 5.75 Å². The van der Waals surface area contributed by atoms with Crippen molar-refractivity contribution in [2.24, 2.45) is 22.7 Å². The summed E-state index contributed by atoms with van der Waals surface area (Å²) >= 11 is 0. The number of ketones is 1. The predicted molar refractivity (Wildman–Crippen MR) is 182 cm³/mol. The number of amides is 2. The van der Waals surface area contributed by atoms with Crippen LogP contribution in [0.3, 0.4) is 0 Å². The summed E-state index contributed by atoms with van der Waals surface area (Å²) in [6.45, 7) is 6.50. The second-order valence-electron chi connectivity index (χ2n) is 13.2. The summed E-state index contributed by atoms with van der Waals surface area (Å²) in [4.78, 5) is 46.5. The minimum absolute atomic E-state index is 0.0496. The normalized spacial score (nSPS) is 19.3. The Kier molecular flexibility index (Phi) is 11.9. The largest absolute Gasteiger partial charge is 0.489 e. The maximum absolute atomic E-state index is 13.8. The van der Waals surface area contributed by atoms with Gasteiger partial charge in [-0.3, -0.25) is 19.3 Å². The molecule has 1 aliphatic carbocycles. The lowest BCUT2D eigenvalue weighted by molar-refractivity contribution is -0.132. The Hall–Kier alpha value is -4.10. The fraction of sp³-hybridized carbons (Fsp3) is 0.436. The fourth-order valence-corrected chi connectivity index (χ4v) is 6.60. The van der Waals surface area contributed by atoms with E-state index in [1.54, 1.807) is 18.3 Å². The Morgan fingerprint density at radius 1 is 0.935 bits per heavy atom. The highest BCUT2D eigenvalue weighted by Gasteiger charge is 2.33. The van der Waals surface area contributed by atoms with Crippen LogP contribution in [0.2, 0.25) is 0 Å². The van der Waals surface area contributed by atoms with Gasteiger partial charge in [-0.05, 0) is 85.5 Å². The summed E-state index contributed by atoms with van der Waals surface area (Å²) in [5.41, 5.74) is 4.15. The summed E-state index contributed by atoms with van der Waals surface area (Å²) < 4.78 is 6.07. The number of hydrogen-bond donors (Lipinski definition) is 1. The molecule has 1 N–H and O–H groups in total. The Morgan fingerprint density at radius 2 is 1.67 bits per heavy atom. The van der Waals surface area contributed by atoms with Crippen LogP contribution in [-0.2, 0) is 29.2 Å². The molecule has 2 unspecified atom stereocenters. The number of aliphatic imine (C=N–C) groups is 1. The van der Waals surface area contributed by atoms with Crippen molar-refractivity contribution in [2.75, 3.05) is 13.1 Å². The number of Topliss-reactive ketones (excluding diaryl/α,β-unsaturated/α-hetero) is 1. The zero-order valence-corrected chi connectivity index (χ0v) is 27.2. The smallest absolute Gasteiger partial charge is 0.276 e. The molecule has 2 aliphatic rings. The number of ether oxygens (including phenoxy) is 1. The van der Waals surface area contributed by atoms with Crippen LogP contribution in [0.15, 0.2) is 83.9 Å². The molecule has 0 spiro atoms. The van der Waals surface area contributed by atoms with E-state index in [1.165, 1.54) is 11.1 Å². The van der Waals surface area contributed by atoms with E-state index in [0.29, 0.717) is 31.7 Å². The number of aryl methyl sites for hydroxylation is 1. The minimum Gasteiger partial charge on any atom is -0.489 e. The van der Waals surface area contributed by atoms with E-state index in [0.717, 1.165) is 56.4 Å². The van der Waals surface area contributed by atoms with Crippen molar-refractivity contribution in [2.45, 2.75) is 78.0 Å². The summed E-state index contributed by atoms with van der Waals surface area (Å²) in [6, 6.07) is 24.9. The predicted octanol–water partition coefficient (Wildman–Crippen LogP) is 6.83. The summed E-state index contributed by atoms with van der Waals surface area (Å²) in [5, 5.41) is 3.15. The van der Waals surface area contributed by atoms with Crippen LogP contribution in [0.25, 0.3) is 0 Å². The maximum Gasteiger partial charge on any atom is 0.276 e. The van der Waals surface area contributed by atoms with Gasteiger partial charge in [0.1, 0.15) is 12.4 Å². The molecule has 0 aromatic heterocycles. The molecule has 5 rings (SSSR count). The second kappa shape index (κ2) is 16.5. The molecule has 0 radical (unpaired) electrons. The molecule has 1 saturated carbocycles. The van der Waals surface area contributed by atoms with Gasteiger partial charge in [-0.2, -0.15) is 0 Å². The highest BCUT2D eigenvalue weighted by Crippen LogP contribution is 2.30. The van der Waals surface area contributed by atoms with Crippen molar-refractivity contribution in [3.8, 4) is 5.75 Å². The lowest BCUT2D eigenvalue weighted by atomic mass is 9.79. The number of rotatable bonds is 12. The highest BCUT2D eigenvalue weighted by molar-refractivity contribution is 5.99. The molecule has 46 heavy (non-hydrogen) atoms. The third-order valence-corrected chi connectivity index (χ3v) is 9.09. The van der Waals surface area contributed by atoms with E-state index in [2.05, 4.69) is 53.3 Å². The van der Waals surface area contributed by atoms with Crippen molar-refractivity contribution >= 4 is 23.8 Å². The first kappa shape index (κ1) is 33.3. The monoisotopic (exact) mass is 621 g/mol. The van der Waals surface area contributed by atoms with E-state index >= 15 is 0 Å². The van der Waals surface area contributed by atoms with Gasteiger partial charge in [0.25, 0.3) is 5.91 Å². The molecule has 0 saturated heterocycles. The Balaban J connectivity index is 1.19. The second-order valence-corrected chi connectivity index (χ2v) is 13.2. The maximum atomic E-state index is 13.8. The molecule has 7 nitrogen and oxygen atoms in total. The zero-order chi connectivity index (χ0) is 32.3. The first-order valence-electron chi connectivity index (χ1n) is 16.8. The third kappa shape index (κ3) is 9.46. The molecule has 0 bridgehead atoms. The lowest BCUT2D eigenvalue weighted by Gasteiger charge is -2.30. The first-order chi connectivity index (χ1) is 22.4. The molecule has 1 aliphatic heterocycles. The van der Waals surface area contributed by atoms with Gasteiger partial charge in [0.15, 0.2) is 5.78 Å². The Bertz CT molecular complexity index is 1490. The Labute approximate surface area is 273 Å². The van der Waals surface area contributed by atoms with Gasteiger partial charge in [0.2, 0.25) is 5.91 Å². The number of nitrogens with zero attached hydrogens (tertiary/aromatic N) is 2. The Morgan fingerprint density at radius 3 is 2.43 bits per heavy atom. The van der Waals surface area contributed by atoms with Crippen LogP contribution < -0.4 is 10.1 Å². The third-order valence-electron chi connectivity index (χ3n) is 9.09. The average Bonchev–Trinajstić information content (AvgIpc) is 3.28. The molecule has 3 aromatic rings. The summed E-state index contributed by atoms with van der Waals surface area (Å²) in [7, 11) is 0. The number of hydrogen-bond acceptors (Lipinski definition) is 5. The van der Waals surface area contributed by atoms with E-state index in [4.69, 9.17) is 4.74 Å². The first-order valence-corrected chi connectivity index (χ1v) is 16.8. The van der Waals surface area contributed by atoms with Gasteiger partial charge >= 0.3 is 0 Å². The molecule has 242 valence electrons. The van der Waals surface area contributed by atoms with Gasteiger partial charge in [-0.25, -0.2) is 4.99 Å². The zero-order valence-electron chi connectivity index (χ0n) is 27.2. The van der Waals surface area contributed by atoms with Gasteiger partial charge < -0.3 is 10.1 Å². The number of nitrogens with one attached hydrogen (secondary N) is 1. The molecule has 3 aromatic carbocycles. The molecule has 7 heteroatoms. The van der Waals surface area contributed by atoms with Crippen molar-refractivity contribution in [3.05, 3.63) is 101 Å². The molecule has 1 fully saturated rings. The quantitative estimate of drug-likeness (QED) is 0.224. The van der Waals surface area contributed by atoms with Crippen LogP contribution in [0.4, 0.5) is 0 Å². The van der Waals surface area contributed by atoms with E-state index < -0.39 is 6.04 Å². The SMILES string of the molecule is CC(C)CC(NC(=O)[C@H]1CCCCC1C=NC(=O)c1ccccc1)C(=O)CN1CCCc2cc(OCc3ccccc3)ccc2C1. The summed E-state index contributed by atoms with van der Waals surface area (Å²) in [5.74, 6) is 0.336. The average molecular weight is 622 g/mol. The molecule has 3 atom stereocenters. The number of benzene rings is 3. The standard InChI is InChI=1S/C39H47N3O4/c1-28(2)22-36(41-39(45)35-18-10-9-16-32(35)24-40-38(44)30-14-7-4-8-15-30)37(43)26-42-21-11-17-31-23-34(20-19-33(31)25-42)46-27-29-12-5-3-6-13-29/h3-8,12-15,19-20,23-24,28,32,35-36H,9-11,16-18,21-22,25-27H2,1-2H3,(H,41,45)/t32?,35-,36?/m0/s1. The van der Waals surface area contributed by atoms with Crippen LogP contribution in [0, 0.1) is 17.8 Å². The summed E-state index contributed by atoms with van der Waals surface area (Å²) in [6.07, 6.45) is 7.62. The van der Waals surface area contributed by atoms with Crippen molar-refractivity contribution < 1.29 is 19.1 Å². The van der Waals surface area contributed by atoms with Crippen molar-refractivity contribution in [1.29, 1.82) is 0 Å². The van der Waals surface area contributed by atoms with Gasteiger partial charge in [0, 0.05) is 30.2 Å². The number of carbonyl (C=O) groups is 3. The molecular formula is C39H47N3O4. The minimum atomic E-state index is -0.547. The van der Waals surface area contributed by atoms with Crippen molar-refractivity contribution in [1.82, 2.24) is 10.2 Å². The lowest BCUT2D eigenvalue weighted by Crippen LogP contribution is -2.49. The number of fused-ring (bicyclic) bond motifs is 1. The highest BCUT2D eigenvalue weighted by atomic mass is 16.5. The molecule has 2 amide bonds. The van der Waals surface area contributed by atoms with E-state index in [1.807, 2.05) is 42.5 Å². The van der Waals surface area contributed by atoms with Crippen LogP contribution in [0.1, 0.15) is 79.4 Å². The van der Waals surface area contributed by atoms with Crippen LogP contribution in [-0.4, -0.2) is 47.8 Å². The van der Waals surface area contributed by atoms with Gasteiger partial charge in [-0.1, -0.05) is 81.3 Å². The van der Waals surface area contributed by atoms with Crippen molar-refractivity contribution in [3.63, 3.8) is 0 Å². The topological polar surface area (TPSA) is 88.1 Å². The van der Waals surface area contributed by atoms with Gasteiger partial charge in [-0.15, -0.1) is 0 Å². The van der Waals surface area contributed by atoms with Crippen LogP contribution >= 0.6 is 0 Å². The van der Waals surface area contributed by atoms with E-state index in [-0.39, 0.29) is 35.4 Å². The molecular weight excluding hydrogens is 574 g/mol. The van der Waals surface area contributed by atoms with Gasteiger partial charge in [0.05, 0.1) is 12.6 Å².